The molecule has 48 heavy (non-hydrogen) atoms. The van der Waals surface area contributed by atoms with Crippen LogP contribution >= 0.6 is 11.6 Å². The van der Waals surface area contributed by atoms with Gasteiger partial charge >= 0.3 is 10.1 Å². The first-order valence-corrected chi connectivity index (χ1v) is 18.3. The van der Waals surface area contributed by atoms with E-state index in [0.29, 0.717) is 48.9 Å². The third-order valence-corrected chi connectivity index (χ3v) is 10.9. The van der Waals surface area contributed by atoms with Gasteiger partial charge in [0.2, 0.25) is 5.75 Å². The van der Waals surface area contributed by atoms with Gasteiger partial charge in [-0.05, 0) is 72.4 Å². The van der Waals surface area contributed by atoms with Crippen molar-refractivity contribution in [1.82, 2.24) is 4.90 Å². The van der Waals surface area contributed by atoms with Crippen LogP contribution in [0.15, 0.2) is 100 Å². The summed E-state index contributed by atoms with van der Waals surface area (Å²) in [6, 6.07) is 21.4. The predicted molar refractivity (Wildman–Crippen MR) is 187 cm³/mol. The first-order valence-electron chi connectivity index (χ1n) is 16.5. The number of carbonyl (C=O) groups excluding carboxylic acids is 2. The van der Waals surface area contributed by atoms with Gasteiger partial charge in [-0.25, -0.2) is 0 Å². The number of rotatable bonds is 9. The monoisotopic (exact) mass is 687 g/mol. The largest absolute Gasteiger partial charge is 0.490 e. The predicted octanol–water partition coefficient (Wildman–Crippen LogP) is 8.43. The van der Waals surface area contributed by atoms with Crippen molar-refractivity contribution in [3.63, 3.8) is 0 Å². The molecule has 2 aliphatic carbocycles. The van der Waals surface area contributed by atoms with Crippen LogP contribution in [-0.4, -0.2) is 38.0 Å². The van der Waals surface area contributed by atoms with E-state index in [4.69, 9.17) is 20.5 Å². The van der Waals surface area contributed by atoms with Gasteiger partial charge in [-0.2, -0.15) is 8.42 Å². The van der Waals surface area contributed by atoms with Gasteiger partial charge in [-0.3, -0.25) is 9.59 Å². The van der Waals surface area contributed by atoms with Crippen LogP contribution < -0.4 is 8.92 Å². The fourth-order valence-electron chi connectivity index (χ4n) is 7.38. The number of Topliss-reactive ketones (excluding diaryl/α,β-unsaturated/α-hetero) is 2. The zero-order chi connectivity index (χ0) is 34.4. The van der Waals surface area contributed by atoms with Crippen molar-refractivity contribution in [1.29, 1.82) is 0 Å². The Bertz CT molecular complexity index is 1880. The minimum absolute atomic E-state index is 0.00112. The van der Waals surface area contributed by atoms with Crippen molar-refractivity contribution in [2.45, 2.75) is 77.5 Å². The zero-order valence-corrected chi connectivity index (χ0v) is 29.7. The number of carbonyl (C=O) groups is 2. The second-order valence-corrected chi connectivity index (χ2v) is 16.5. The van der Waals surface area contributed by atoms with Crippen molar-refractivity contribution in [3.05, 3.63) is 111 Å². The molecule has 6 rings (SSSR count). The molecule has 0 fully saturated rings. The van der Waals surface area contributed by atoms with Crippen LogP contribution in [0.1, 0.15) is 77.3 Å². The summed E-state index contributed by atoms with van der Waals surface area (Å²) in [7, 11) is -4.23. The van der Waals surface area contributed by atoms with Crippen LogP contribution in [0.3, 0.4) is 0 Å². The maximum Gasteiger partial charge on any atom is 0.339 e. The van der Waals surface area contributed by atoms with Crippen LogP contribution in [0.25, 0.3) is 0 Å². The molecule has 0 N–H and O–H groups in total. The van der Waals surface area contributed by atoms with Gasteiger partial charge in [0.25, 0.3) is 0 Å². The summed E-state index contributed by atoms with van der Waals surface area (Å²) in [5, 5.41) is 0.0124. The maximum absolute atomic E-state index is 14.3. The molecular weight excluding hydrogens is 646 g/mol. The van der Waals surface area contributed by atoms with Crippen molar-refractivity contribution in [2.75, 3.05) is 13.2 Å². The molecule has 9 heteroatoms. The molecule has 0 spiro atoms. The van der Waals surface area contributed by atoms with Crippen molar-refractivity contribution >= 4 is 33.3 Å². The molecule has 0 amide bonds. The van der Waals surface area contributed by atoms with Gasteiger partial charge in [0, 0.05) is 47.8 Å². The lowest BCUT2D eigenvalue weighted by atomic mass is 9.63. The molecule has 1 aliphatic heterocycles. The van der Waals surface area contributed by atoms with E-state index in [1.807, 2.05) is 18.2 Å². The minimum atomic E-state index is -4.23. The van der Waals surface area contributed by atoms with Crippen LogP contribution in [-0.2, 0) is 26.1 Å². The summed E-state index contributed by atoms with van der Waals surface area (Å²) in [6.07, 6.45) is 2.80. The lowest BCUT2D eigenvalue weighted by Crippen LogP contribution is -2.45. The summed E-state index contributed by atoms with van der Waals surface area (Å²) in [4.78, 5) is 30.8. The normalized spacial score (nSPS) is 19.2. The summed E-state index contributed by atoms with van der Waals surface area (Å²) in [6.45, 7) is 11.1. The lowest BCUT2D eigenvalue weighted by molar-refractivity contribution is -0.119. The van der Waals surface area contributed by atoms with Crippen LogP contribution in [0, 0.1) is 10.8 Å². The van der Waals surface area contributed by atoms with E-state index in [0.717, 1.165) is 17.8 Å². The summed E-state index contributed by atoms with van der Waals surface area (Å²) in [5.74, 6) is -0.682. The fraction of sp³-hybridized carbons (Fsp3) is 0.385. The van der Waals surface area contributed by atoms with Gasteiger partial charge in [0.1, 0.15) is 4.90 Å². The van der Waals surface area contributed by atoms with Crippen LogP contribution in [0.2, 0.25) is 5.02 Å². The van der Waals surface area contributed by atoms with E-state index in [-0.39, 0.29) is 50.4 Å². The van der Waals surface area contributed by atoms with Gasteiger partial charge < -0.3 is 13.8 Å². The second-order valence-electron chi connectivity index (χ2n) is 14.5. The van der Waals surface area contributed by atoms with E-state index >= 15 is 0 Å². The third kappa shape index (κ3) is 6.70. The van der Waals surface area contributed by atoms with Gasteiger partial charge in [0.05, 0.1) is 11.6 Å². The van der Waals surface area contributed by atoms with Crippen LogP contribution in [0.4, 0.5) is 0 Å². The van der Waals surface area contributed by atoms with Crippen molar-refractivity contribution in [2.24, 2.45) is 10.8 Å². The third-order valence-electron chi connectivity index (χ3n) is 9.38. The average molecular weight is 688 g/mol. The summed E-state index contributed by atoms with van der Waals surface area (Å²) >= 11 is 6.86. The Hall–Kier alpha value is -3.88. The molecule has 0 bridgehead atoms. The molecule has 0 aromatic heterocycles. The van der Waals surface area contributed by atoms with Gasteiger partial charge in [-0.1, -0.05) is 87.8 Å². The Morgan fingerprint density at radius 1 is 0.812 bits per heavy atom. The molecule has 0 saturated heterocycles. The molecule has 3 aromatic rings. The Labute approximate surface area is 288 Å². The molecule has 7 nitrogen and oxygen atoms in total. The Morgan fingerprint density at radius 3 is 1.90 bits per heavy atom. The maximum atomic E-state index is 14.3. The number of ether oxygens (including phenoxy) is 1. The van der Waals surface area contributed by atoms with E-state index in [9.17, 15) is 18.0 Å². The standard InChI is InChI=1S/C39H42ClNO6S/c1-6-46-33-20-26(19-28(40)37(33)47-48(44,45)27-15-11-8-12-16-27)34-35-29(21-38(2,3)23-31(35)42)41(18-17-25-13-9-7-10-14-25)30-22-39(4,5)24-32(43)36(30)34/h7-16,19-20,34H,6,17-18,21-24H2,1-5H3. The van der Waals surface area contributed by atoms with Crippen molar-refractivity contribution < 1.29 is 26.9 Å². The fourth-order valence-corrected chi connectivity index (χ4v) is 8.66. The second kappa shape index (κ2) is 12.9. The molecule has 0 unspecified atom stereocenters. The van der Waals surface area contributed by atoms with Crippen LogP contribution in [0.5, 0.6) is 11.5 Å². The highest BCUT2D eigenvalue weighted by Gasteiger charge is 2.49. The Balaban J connectivity index is 1.52. The number of hydrogen-bond donors (Lipinski definition) is 0. The number of halogens is 1. The lowest BCUT2D eigenvalue weighted by Gasteiger charge is -2.49. The van der Waals surface area contributed by atoms with E-state index in [1.165, 1.54) is 17.7 Å². The quantitative estimate of drug-likeness (QED) is 0.209. The number of allylic oxidation sites excluding steroid dienone is 4. The highest BCUT2D eigenvalue weighted by molar-refractivity contribution is 7.87. The first-order chi connectivity index (χ1) is 22.7. The molecule has 3 aliphatic rings. The molecule has 0 atom stereocenters. The highest BCUT2D eigenvalue weighted by Crippen LogP contribution is 2.55. The molecule has 3 aromatic carbocycles. The Kier molecular flexibility index (Phi) is 9.11. The average Bonchev–Trinajstić information content (AvgIpc) is 3.01. The number of nitrogens with zero attached hydrogens (tertiary/aromatic N) is 1. The number of ketones is 2. The van der Waals surface area contributed by atoms with E-state index in [1.54, 1.807) is 37.3 Å². The van der Waals surface area contributed by atoms with Gasteiger partial charge in [0.15, 0.2) is 17.3 Å². The zero-order valence-electron chi connectivity index (χ0n) is 28.1. The SMILES string of the molecule is CCOc1cc(C2C3=C(CC(C)(C)CC3=O)N(CCc3ccccc3)C3=C2C(=O)CC(C)(C)C3)cc(Cl)c1OS(=O)(=O)c1ccccc1. The smallest absolute Gasteiger partial charge is 0.339 e. The number of hydrogen-bond acceptors (Lipinski definition) is 7. The Morgan fingerprint density at radius 2 is 1.35 bits per heavy atom. The molecule has 252 valence electrons. The molecule has 0 radical (unpaired) electrons. The minimum Gasteiger partial charge on any atom is -0.490 e. The molecule has 0 saturated carbocycles. The topological polar surface area (TPSA) is 90.0 Å². The summed E-state index contributed by atoms with van der Waals surface area (Å²) in [5.41, 5.74) is 4.35. The van der Waals surface area contributed by atoms with Gasteiger partial charge in [-0.15, -0.1) is 0 Å². The van der Waals surface area contributed by atoms with E-state index in [2.05, 4.69) is 44.7 Å². The number of benzene rings is 3. The van der Waals surface area contributed by atoms with Crippen molar-refractivity contribution in [3.8, 4) is 11.5 Å². The molecular formula is C39H42ClNO6S. The highest BCUT2D eigenvalue weighted by atomic mass is 35.5. The van der Waals surface area contributed by atoms with E-state index < -0.39 is 16.0 Å². The summed E-state index contributed by atoms with van der Waals surface area (Å²) < 4.78 is 38.0. The molecule has 1 heterocycles. The first kappa shape index (κ1) is 34.0.